The minimum atomic E-state index is -0.0326. The maximum atomic E-state index is 11.6. The molecule has 0 aliphatic carbocycles. The Kier molecular flexibility index (Phi) is 2.77. The first-order valence-electron chi connectivity index (χ1n) is 5.17. The number of nitrogen functional groups attached to an aromatic ring is 1. The first-order chi connectivity index (χ1) is 7.65. The second-order valence-corrected chi connectivity index (χ2v) is 3.91. The second-order valence-electron chi connectivity index (χ2n) is 3.91. The summed E-state index contributed by atoms with van der Waals surface area (Å²) in [5, 5.41) is 0. The molecule has 0 aliphatic rings. The van der Waals surface area contributed by atoms with Crippen molar-refractivity contribution in [2.24, 2.45) is 0 Å². The molecule has 3 nitrogen and oxygen atoms in total. The topological polar surface area (TPSA) is 48.0 Å². The minimum Gasteiger partial charge on any atom is -0.398 e. The molecule has 16 heavy (non-hydrogen) atoms. The van der Waals surface area contributed by atoms with E-state index in [4.69, 9.17) is 5.73 Å². The predicted molar refractivity (Wildman–Crippen MR) is 65.4 cm³/mol. The number of aryl methyl sites for hydroxylation is 1. The Balaban J connectivity index is 2.30. The van der Waals surface area contributed by atoms with E-state index in [1.54, 1.807) is 16.8 Å². The summed E-state index contributed by atoms with van der Waals surface area (Å²) in [5.41, 5.74) is 8.52. The van der Waals surface area contributed by atoms with Crippen molar-refractivity contribution in [1.82, 2.24) is 4.57 Å². The lowest BCUT2D eigenvalue weighted by atomic mass is 10.1. The molecule has 1 heterocycles. The number of rotatable bonds is 2. The molecule has 2 N–H and O–H groups in total. The Hall–Kier alpha value is -2.03. The molecule has 0 fully saturated rings. The maximum Gasteiger partial charge on any atom is 0.250 e. The number of anilines is 1. The molecule has 82 valence electrons. The molecule has 0 saturated carbocycles. The van der Waals surface area contributed by atoms with Crippen molar-refractivity contribution >= 4 is 5.69 Å². The first kappa shape index (κ1) is 10.5. The number of hydrogen-bond donors (Lipinski definition) is 1. The molecule has 2 aromatic rings. The van der Waals surface area contributed by atoms with Gasteiger partial charge in [0.1, 0.15) is 0 Å². The smallest absolute Gasteiger partial charge is 0.250 e. The highest BCUT2D eigenvalue weighted by molar-refractivity contribution is 5.34. The fraction of sp³-hybridized carbons (Fsp3) is 0.154. The van der Waals surface area contributed by atoms with E-state index in [1.807, 2.05) is 31.2 Å². The number of aromatic nitrogens is 1. The lowest BCUT2D eigenvalue weighted by molar-refractivity contribution is 0.761. The molecular weight excluding hydrogens is 200 g/mol. The molecule has 0 bridgehead atoms. The van der Waals surface area contributed by atoms with Crippen LogP contribution < -0.4 is 11.3 Å². The van der Waals surface area contributed by atoms with Crippen molar-refractivity contribution in [3.63, 3.8) is 0 Å². The molecule has 0 atom stereocenters. The average Bonchev–Trinajstić information content (AvgIpc) is 2.27. The zero-order chi connectivity index (χ0) is 11.5. The Bertz CT molecular complexity index is 541. The van der Waals surface area contributed by atoms with Gasteiger partial charge in [-0.3, -0.25) is 4.79 Å². The monoisotopic (exact) mass is 214 g/mol. The van der Waals surface area contributed by atoms with E-state index in [9.17, 15) is 4.79 Å². The lowest BCUT2D eigenvalue weighted by Crippen LogP contribution is -2.19. The molecule has 0 aliphatic heterocycles. The standard InChI is InChI=1S/C13H14N2O/c1-10-2-4-11(5-3-10)8-15-9-12(14)6-7-13(15)16/h2-7,9H,8,14H2,1H3. The largest absolute Gasteiger partial charge is 0.398 e. The molecule has 2 rings (SSSR count). The van der Waals surface area contributed by atoms with Gasteiger partial charge in [0, 0.05) is 18.0 Å². The van der Waals surface area contributed by atoms with Crippen molar-refractivity contribution in [3.8, 4) is 0 Å². The van der Waals surface area contributed by atoms with E-state index in [1.165, 1.54) is 11.6 Å². The summed E-state index contributed by atoms with van der Waals surface area (Å²) in [7, 11) is 0. The zero-order valence-corrected chi connectivity index (χ0v) is 9.18. The third kappa shape index (κ3) is 2.31. The molecular formula is C13H14N2O. The van der Waals surface area contributed by atoms with Gasteiger partial charge in [-0.15, -0.1) is 0 Å². The summed E-state index contributed by atoms with van der Waals surface area (Å²) in [6.07, 6.45) is 1.67. The van der Waals surface area contributed by atoms with Gasteiger partial charge >= 0.3 is 0 Å². The van der Waals surface area contributed by atoms with Crippen LogP contribution in [-0.4, -0.2) is 4.57 Å². The number of nitrogens with two attached hydrogens (primary N) is 1. The molecule has 0 radical (unpaired) electrons. The van der Waals surface area contributed by atoms with E-state index >= 15 is 0 Å². The predicted octanol–water partition coefficient (Wildman–Crippen LogP) is 1.79. The summed E-state index contributed by atoms with van der Waals surface area (Å²) < 4.78 is 1.61. The van der Waals surface area contributed by atoms with E-state index in [2.05, 4.69) is 0 Å². The molecule has 0 saturated heterocycles. The van der Waals surface area contributed by atoms with Gasteiger partial charge in [-0.05, 0) is 18.6 Å². The van der Waals surface area contributed by atoms with Crippen molar-refractivity contribution in [2.45, 2.75) is 13.5 Å². The summed E-state index contributed by atoms with van der Waals surface area (Å²) in [6, 6.07) is 11.2. The van der Waals surface area contributed by atoms with Crippen LogP contribution in [0.25, 0.3) is 0 Å². The molecule has 1 aromatic heterocycles. The van der Waals surface area contributed by atoms with Gasteiger partial charge in [0.15, 0.2) is 0 Å². The maximum absolute atomic E-state index is 11.6. The minimum absolute atomic E-state index is 0.0326. The lowest BCUT2D eigenvalue weighted by Gasteiger charge is -2.06. The van der Waals surface area contributed by atoms with Crippen LogP contribution in [-0.2, 0) is 6.54 Å². The molecule has 0 spiro atoms. The van der Waals surface area contributed by atoms with Gasteiger partial charge < -0.3 is 10.3 Å². The third-order valence-electron chi connectivity index (χ3n) is 2.48. The normalized spacial score (nSPS) is 10.3. The summed E-state index contributed by atoms with van der Waals surface area (Å²) >= 11 is 0. The van der Waals surface area contributed by atoms with E-state index in [-0.39, 0.29) is 5.56 Å². The number of pyridine rings is 1. The fourth-order valence-corrected chi connectivity index (χ4v) is 1.56. The van der Waals surface area contributed by atoms with Crippen molar-refractivity contribution < 1.29 is 0 Å². The van der Waals surface area contributed by atoms with Gasteiger partial charge in [0.2, 0.25) is 0 Å². The van der Waals surface area contributed by atoms with Crippen LogP contribution in [0.15, 0.2) is 47.4 Å². The highest BCUT2D eigenvalue weighted by Gasteiger charge is 1.98. The fourth-order valence-electron chi connectivity index (χ4n) is 1.56. The van der Waals surface area contributed by atoms with Gasteiger partial charge in [0.25, 0.3) is 5.56 Å². The van der Waals surface area contributed by atoms with E-state index < -0.39 is 0 Å². The van der Waals surface area contributed by atoms with Crippen molar-refractivity contribution in [1.29, 1.82) is 0 Å². The Morgan fingerprint density at radius 1 is 1.12 bits per heavy atom. The zero-order valence-electron chi connectivity index (χ0n) is 9.18. The van der Waals surface area contributed by atoms with Crippen LogP contribution in [0.3, 0.4) is 0 Å². The summed E-state index contributed by atoms with van der Waals surface area (Å²) in [6.45, 7) is 2.60. The first-order valence-corrected chi connectivity index (χ1v) is 5.17. The Morgan fingerprint density at radius 3 is 2.50 bits per heavy atom. The van der Waals surface area contributed by atoms with Crippen LogP contribution in [0.2, 0.25) is 0 Å². The number of hydrogen-bond acceptors (Lipinski definition) is 2. The van der Waals surface area contributed by atoms with Crippen molar-refractivity contribution in [2.75, 3.05) is 5.73 Å². The molecule has 0 amide bonds. The van der Waals surface area contributed by atoms with Gasteiger partial charge in [-0.2, -0.15) is 0 Å². The van der Waals surface area contributed by atoms with Crippen molar-refractivity contribution in [3.05, 3.63) is 64.1 Å². The van der Waals surface area contributed by atoms with Crippen LogP contribution in [0.5, 0.6) is 0 Å². The summed E-state index contributed by atoms with van der Waals surface area (Å²) in [5.74, 6) is 0. The number of nitrogens with zero attached hydrogens (tertiary/aromatic N) is 1. The van der Waals surface area contributed by atoms with E-state index in [0.717, 1.165) is 5.56 Å². The molecule has 3 heteroatoms. The van der Waals surface area contributed by atoms with Gasteiger partial charge in [-0.1, -0.05) is 29.8 Å². The number of benzene rings is 1. The Labute approximate surface area is 94.1 Å². The summed E-state index contributed by atoms with van der Waals surface area (Å²) in [4.78, 5) is 11.6. The molecule has 0 unspecified atom stereocenters. The van der Waals surface area contributed by atoms with Crippen LogP contribution >= 0.6 is 0 Å². The van der Waals surface area contributed by atoms with Crippen LogP contribution in [0, 0.1) is 6.92 Å². The van der Waals surface area contributed by atoms with E-state index in [0.29, 0.717) is 12.2 Å². The van der Waals surface area contributed by atoms with Gasteiger partial charge in [0.05, 0.1) is 6.54 Å². The molecule has 1 aromatic carbocycles. The second kappa shape index (κ2) is 4.23. The SMILES string of the molecule is Cc1ccc(Cn2cc(N)ccc2=O)cc1. The highest BCUT2D eigenvalue weighted by atomic mass is 16.1. The third-order valence-corrected chi connectivity index (χ3v) is 2.48. The highest BCUT2D eigenvalue weighted by Crippen LogP contribution is 2.05. The Morgan fingerprint density at radius 2 is 1.81 bits per heavy atom. The van der Waals surface area contributed by atoms with Crippen LogP contribution in [0.1, 0.15) is 11.1 Å². The quantitative estimate of drug-likeness (QED) is 0.828. The van der Waals surface area contributed by atoms with Crippen LogP contribution in [0.4, 0.5) is 5.69 Å². The van der Waals surface area contributed by atoms with Gasteiger partial charge in [-0.25, -0.2) is 0 Å². The average molecular weight is 214 g/mol.